The van der Waals surface area contributed by atoms with E-state index < -0.39 is 21.1 Å². The summed E-state index contributed by atoms with van der Waals surface area (Å²) in [5.74, 6) is -0.492. The molecule has 108 valence electrons. The molecule has 0 aliphatic rings. The fraction of sp³-hybridized carbons (Fsp3) is 0.308. The van der Waals surface area contributed by atoms with Crippen LogP contribution in [0.5, 0.6) is 0 Å². The first-order chi connectivity index (χ1) is 9.23. The molecule has 0 radical (unpaired) electrons. The lowest BCUT2D eigenvalue weighted by molar-refractivity contribution is 0.571. The van der Waals surface area contributed by atoms with E-state index in [9.17, 15) is 12.8 Å². The van der Waals surface area contributed by atoms with E-state index in [0.29, 0.717) is 16.7 Å². The minimum absolute atomic E-state index is 0.0186. The van der Waals surface area contributed by atoms with Crippen LogP contribution in [-0.2, 0) is 10.0 Å². The third-order valence-electron chi connectivity index (χ3n) is 3.07. The number of nitrogens with two attached hydrogens (primary N) is 1. The van der Waals surface area contributed by atoms with Crippen LogP contribution < -0.4 is 5.73 Å². The van der Waals surface area contributed by atoms with Gasteiger partial charge in [-0.1, -0.05) is 0 Å². The molecule has 20 heavy (non-hydrogen) atoms. The monoisotopic (exact) mass is 297 g/mol. The average Bonchev–Trinajstić information content (AvgIpc) is 2.83. The van der Waals surface area contributed by atoms with E-state index in [2.05, 4.69) is 5.10 Å². The van der Waals surface area contributed by atoms with E-state index in [4.69, 9.17) is 5.73 Å². The van der Waals surface area contributed by atoms with Gasteiger partial charge in [-0.3, -0.25) is 0 Å². The summed E-state index contributed by atoms with van der Waals surface area (Å²) in [6.07, 6.45) is 2.84. The summed E-state index contributed by atoms with van der Waals surface area (Å²) in [5, 5.41) is 3.30. The van der Waals surface area contributed by atoms with Crippen LogP contribution >= 0.6 is 0 Å². The SMILES string of the molecule is Cc1cc(F)c(N)cc1-c1cnn(S(=O)(=O)C(C)C)c1. The Morgan fingerprint density at radius 3 is 2.60 bits per heavy atom. The molecule has 0 saturated heterocycles. The van der Waals surface area contributed by atoms with Gasteiger partial charge in [0.25, 0.3) is 10.0 Å². The number of hydrogen-bond acceptors (Lipinski definition) is 4. The molecule has 2 rings (SSSR count). The van der Waals surface area contributed by atoms with Gasteiger partial charge in [-0.05, 0) is 44.0 Å². The molecule has 1 aromatic carbocycles. The standard InChI is InChI=1S/C13H16FN3O2S/c1-8(2)20(18,19)17-7-10(6-16-17)11-5-13(15)12(14)4-9(11)3/h4-8H,15H2,1-3H3. The third-order valence-corrected chi connectivity index (χ3v) is 4.98. The lowest BCUT2D eigenvalue weighted by Crippen LogP contribution is -2.22. The number of rotatable bonds is 3. The second-order valence-corrected chi connectivity index (χ2v) is 7.23. The molecule has 0 unspecified atom stereocenters. The van der Waals surface area contributed by atoms with E-state index in [1.807, 2.05) is 0 Å². The zero-order chi connectivity index (χ0) is 15.1. The fourth-order valence-electron chi connectivity index (χ4n) is 1.80. The van der Waals surface area contributed by atoms with Gasteiger partial charge in [0.2, 0.25) is 0 Å². The molecule has 1 heterocycles. The Bertz CT molecular complexity index is 751. The minimum Gasteiger partial charge on any atom is -0.396 e. The number of hydrogen-bond donors (Lipinski definition) is 1. The molecule has 7 heteroatoms. The smallest absolute Gasteiger partial charge is 0.256 e. The van der Waals surface area contributed by atoms with Crippen molar-refractivity contribution in [3.05, 3.63) is 35.9 Å². The van der Waals surface area contributed by atoms with Crippen LogP contribution in [0.2, 0.25) is 0 Å². The van der Waals surface area contributed by atoms with Gasteiger partial charge >= 0.3 is 0 Å². The van der Waals surface area contributed by atoms with Crippen molar-refractivity contribution in [1.29, 1.82) is 0 Å². The van der Waals surface area contributed by atoms with Gasteiger partial charge in [0.05, 0.1) is 23.3 Å². The number of aryl methyl sites for hydroxylation is 1. The molecule has 5 nitrogen and oxygen atoms in total. The molecular weight excluding hydrogens is 281 g/mol. The highest BCUT2D eigenvalue weighted by Gasteiger charge is 2.20. The van der Waals surface area contributed by atoms with Crippen molar-refractivity contribution in [3.63, 3.8) is 0 Å². The van der Waals surface area contributed by atoms with Crippen molar-refractivity contribution in [3.8, 4) is 11.1 Å². The topological polar surface area (TPSA) is 78.0 Å². The first kappa shape index (κ1) is 14.5. The predicted octanol–water partition coefficient (Wildman–Crippen LogP) is 2.17. The number of nitrogens with zero attached hydrogens (tertiary/aromatic N) is 2. The van der Waals surface area contributed by atoms with Gasteiger partial charge in [0, 0.05) is 5.56 Å². The van der Waals surface area contributed by atoms with Gasteiger partial charge in [-0.15, -0.1) is 0 Å². The van der Waals surface area contributed by atoms with Crippen molar-refractivity contribution in [2.24, 2.45) is 0 Å². The molecule has 0 atom stereocenters. The van der Waals surface area contributed by atoms with Crippen molar-refractivity contribution in [2.45, 2.75) is 26.0 Å². The maximum absolute atomic E-state index is 13.3. The maximum atomic E-state index is 13.3. The molecule has 0 saturated carbocycles. The maximum Gasteiger partial charge on any atom is 0.256 e. The minimum atomic E-state index is -3.49. The van der Waals surface area contributed by atoms with Gasteiger partial charge in [-0.25, -0.2) is 12.8 Å². The van der Waals surface area contributed by atoms with Crippen LogP contribution in [-0.4, -0.2) is 22.9 Å². The van der Waals surface area contributed by atoms with E-state index in [-0.39, 0.29) is 5.69 Å². The molecule has 2 aromatic rings. The Hall–Kier alpha value is -1.89. The lowest BCUT2D eigenvalue weighted by Gasteiger charge is -2.07. The van der Waals surface area contributed by atoms with Crippen LogP contribution in [0.3, 0.4) is 0 Å². The van der Waals surface area contributed by atoms with Crippen molar-refractivity contribution in [2.75, 3.05) is 5.73 Å². The molecule has 0 bridgehead atoms. The predicted molar refractivity (Wildman–Crippen MR) is 76.2 cm³/mol. The summed E-state index contributed by atoms with van der Waals surface area (Å²) in [6, 6.07) is 2.80. The number of aromatic nitrogens is 2. The molecule has 0 amide bonds. The van der Waals surface area contributed by atoms with Gasteiger partial charge in [-0.2, -0.15) is 9.19 Å². The van der Waals surface area contributed by atoms with Crippen LogP contribution in [0.4, 0.5) is 10.1 Å². The van der Waals surface area contributed by atoms with Crippen LogP contribution in [0.15, 0.2) is 24.5 Å². The highest BCUT2D eigenvalue weighted by molar-refractivity contribution is 7.90. The van der Waals surface area contributed by atoms with Crippen LogP contribution in [0, 0.1) is 12.7 Å². The van der Waals surface area contributed by atoms with Gasteiger partial charge in [0.1, 0.15) is 5.82 Å². The van der Waals surface area contributed by atoms with Crippen molar-refractivity contribution in [1.82, 2.24) is 9.19 Å². The molecule has 1 aromatic heterocycles. The Morgan fingerprint density at radius 1 is 1.35 bits per heavy atom. The average molecular weight is 297 g/mol. The second-order valence-electron chi connectivity index (χ2n) is 4.88. The Labute approximate surface area is 117 Å². The van der Waals surface area contributed by atoms with Crippen LogP contribution in [0.25, 0.3) is 11.1 Å². The molecule has 2 N–H and O–H groups in total. The van der Waals surface area contributed by atoms with Crippen LogP contribution in [0.1, 0.15) is 19.4 Å². The number of anilines is 1. The zero-order valence-electron chi connectivity index (χ0n) is 11.5. The Morgan fingerprint density at radius 2 is 2.00 bits per heavy atom. The molecule has 0 aliphatic carbocycles. The summed E-state index contributed by atoms with van der Waals surface area (Å²) in [7, 11) is -3.49. The fourth-order valence-corrected chi connectivity index (χ4v) is 2.67. The van der Waals surface area contributed by atoms with Crippen molar-refractivity contribution >= 4 is 15.7 Å². The largest absolute Gasteiger partial charge is 0.396 e. The van der Waals surface area contributed by atoms with E-state index in [1.165, 1.54) is 24.5 Å². The third kappa shape index (κ3) is 2.40. The Kier molecular flexibility index (Phi) is 3.56. The summed E-state index contributed by atoms with van der Waals surface area (Å²) in [5.41, 5.74) is 7.47. The first-order valence-electron chi connectivity index (χ1n) is 6.08. The van der Waals surface area contributed by atoms with E-state index >= 15 is 0 Å². The quantitative estimate of drug-likeness (QED) is 0.881. The molecule has 0 spiro atoms. The summed E-state index contributed by atoms with van der Waals surface area (Å²) >= 11 is 0. The van der Waals surface area contributed by atoms with E-state index in [1.54, 1.807) is 20.8 Å². The molecular formula is C13H16FN3O2S. The highest BCUT2D eigenvalue weighted by atomic mass is 32.2. The second kappa shape index (κ2) is 4.90. The summed E-state index contributed by atoms with van der Waals surface area (Å²) < 4.78 is 38.3. The van der Waals surface area contributed by atoms with Gasteiger partial charge < -0.3 is 5.73 Å². The first-order valence-corrected chi connectivity index (χ1v) is 7.59. The summed E-state index contributed by atoms with van der Waals surface area (Å²) in [4.78, 5) is 0. The lowest BCUT2D eigenvalue weighted by atomic mass is 10.0. The normalized spacial score (nSPS) is 12.1. The highest BCUT2D eigenvalue weighted by Crippen LogP contribution is 2.27. The van der Waals surface area contributed by atoms with Crippen molar-refractivity contribution < 1.29 is 12.8 Å². The zero-order valence-corrected chi connectivity index (χ0v) is 12.3. The molecule has 0 fully saturated rings. The Balaban J connectivity index is 2.52. The summed E-state index contributed by atoms with van der Waals surface area (Å²) in [6.45, 7) is 4.89. The molecule has 0 aliphatic heterocycles. The van der Waals surface area contributed by atoms with Gasteiger partial charge in [0.15, 0.2) is 0 Å². The van der Waals surface area contributed by atoms with E-state index in [0.717, 1.165) is 4.09 Å². The number of halogens is 1. The number of nitrogen functional groups attached to an aromatic ring is 1. The number of benzene rings is 1.